The Bertz CT molecular complexity index is 659. The fourth-order valence-electron chi connectivity index (χ4n) is 2.30. The lowest BCUT2D eigenvalue weighted by Crippen LogP contribution is -2.24. The summed E-state index contributed by atoms with van der Waals surface area (Å²) in [5.74, 6) is -0.822. The first kappa shape index (κ1) is 15.6. The molecule has 21 heavy (non-hydrogen) atoms. The van der Waals surface area contributed by atoms with E-state index in [1.807, 2.05) is 43.3 Å². The van der Waals surface area contributed by atoms with Crippen molar-refractivity contribution in [3.05, 3.63) is 69.7 Å². The van der Waals surface area contributed by atoms with Crippen LogP contribution in [0.1, 0.15) is 28.4 Å². The lowest BCUT2D eigenvalue weighted by Gasteiger charge is -2.14. The van der Waals surface area contributed by atoms with E-state index in [0.717, 1.165) is 15.6 Å². The molecule has 0 aliphatic carbocycles. The first-order valence-electron chi connectivity index (χ1n) is 6.84. The van der Waals surface area contributed by atoms with Crippen LogP contribution in [0.2, 0.25) is 0 Å². The van der Waals surface area contributed by atoms with Crippen LogP contribution in [0, 0.1) is 12.8 Å². The molecule has 2 aromatic rings. The summed E-state index contributed by atoms with van der Waals surface area (Å²) in [7, 11) is 0. The van der Waals surface area contributed by atoms with Gasteiger partial charge in [-0.25, -0.2) is 0 Å². The van der Waals surface area contributed by atoms with E-state index in [9.17, 15) is 9.59 Å². The fourth-order valence-corrected chi connectivity index (χ4v) is 2.56. The molecule has 0 aliphatic rings. The molecule has 108 valence electrons. The first-order chi connectivity index (χ1) is 9.99. The normalized spacial score (nSPS) is 12.0. The average molecular weight is 345 g/mol. The SMILES string of the molecule is CC(=O)C(Cc1ccccc1C)C(=O)c1ccc(Br)cc1. The van der Waals surface area contributed by atoms with Crippen molar-refractivity contribution in [1.29, 1.82) is 0 Å². The molecule has 0 radical (unpaired) electrons. The Morgan fingerprint density at radius 3 is 2.24 bits per heavy atom. The van der Waals surface area contributed by atoms with Gasteiger partial charge in [-0.3, -0.25) is 9.59 Å². The number of rotatable bonds is 5. The van der Waals surface area contributed by atoms with Gasteiger partial charge < -0.3 is 0 Å². The van der Waals surface area contributed by atoms with Gasteiger partial charge in [0.15, 0.2) is 5.78 Å². The van der Waals surface area contributed by atoms with Crippen LogP contribution in [0.25, 0.3) is 0 Å². The third-order valence-corrected chi connectivity index (χ3v) is 4.15. The Labute approximate surface area is 133 Å². The number of halogens is 1. The summed E-state index contributed by atoms with van der Waals surface area (Å²) >= 11 is 3.35. The molecule has 0 spiro atoms. The number of ketones is 2. The number of hydrogen-bond donors (Lipinski definition) is 0. The van der Waals surface area contributed by atoms with Gasteiger partial charge in [0.05, 0.1) is 5.92 Å². The van der Waals surface area contributed by atoms with Gasteiger partial charge in [0, 0.05) is 10.0 Å². The van der Waals surface area contributed by atoms with Crippen molar-refractivity contribution in [1.82, 2.24) is 0 Å². The molecule has 0 fully saturated rings. The summed E-state index contributed by atoms with van der Waals surface area (Å²) in [6, 6.07) is 15.0. The van der Waals surface area contributed by atoms with Gasteiger partial charge in [0.25, 0.3) is 0 Å². The van der Waals surface area contributed by atoms with Gasteiger partial charge in [0.2, 0.25) is 0 Å². The van der Waals surface area contributed by atoms with Crippen LogP contribution >= 0.6 is 15.9 Å². The van der Waals surface area contributed by atoms with Crippen LogP contribution in [-0.2, 0) is 11.2 Å². The molecule has 0 N–H and O–H groups in total. The van der Waals surface area contributed by atoms with Gasteiger partial charge in [-0.1, -0.05) is 52.3 Å². The van der Waals surface area contributed by atoms with Crippen LogP contribution in [0.5, 0.6) is 0 Å². The third kappa shape index (κ3) is 3.88. The third-order valence-electron chi connectivity index (χ3n) is 3.62. The quantitative estimate of drug-likeness (QED) is 0.595. The number of hydrogen-bond acceptors (Lipinski definition) is 2. The number of aryl methyl sites for hydroxylation is 1. The predicted molar refractivity (Wildman–Crippen MR) is 87.5 cm³/mol. The number of carbonyl (C=O) groups excluding carboxylic acids is 2. The highest BCUT2D eigenvalue weighted by Gasteiger charge is 2.25. The Kier molecular flexibility index (Phi) is 5.07. The van der Waals surface area contributed by atoms with Gasteiger partial charge >= 0.3 is 0 Å². The molecule has 0 bridgehead atoms. The number of benzene rings is 2. The van der Waals surface area contributed by atoms with E-state index in [-0.39, 0.29) is 11.6 Å². The van der Waals surface area contributed by atoms with Crippen LogP contribution in [-0.4, -0.2) is 11.6 Å². The van der Waals surface area contributed by atoms with Crippen LogP contribution in [0.15, 0.2) is 53.0 Å². The zero-order chi connectivity index (χ0) is 15.4. The highest BCUT2D eigenvalue weighted by molar-refractivity contribution is 9.10. The second-order valence-electron chi connectivity index (χ2n) is 5.16. The molecule has 0 aliphatic heterocycles. The monoisotopic (exact) mass is 344 g/mol. The van der Waals surface area contributed by atoms with Crippen LogP contribution in [0.4, 0.5) is 0 Å². The van der Waals surface area contributed by atoms with Gasteiger partial charge in [-0.2, -0.15) is 0 Å². The zero-order valence-corrected chi connectivity index (χ0v) is 13.7. The minimum absolute atomic E-state index is 0.0915. The van der Waals surface area contributed by atoms with E-state index in [2.05, 4.69) is 15.9 Å². The van der Waals surface area contributed by atoms with E-state index in [0.29, 0.717) is 12.0 Å². The molecular weight excluding hydrogens is 328 g/mol. The molecule has 2 aromatic carbocycles. The molecule has 0 amide bonds. The molecule has 2 nitrogen and oxygen atoms in total. The summed E-state index contributed by atoms with van der Waals surface area (Å²) in [4.78, 5) is 24.5. The van der Waals surface area contributed by atoms with Crippen LogP contribution < -0.4 is 0 Å². The summed E-state index contributed by atoms with van der Waals surface area (Å²) in [6.45, 7) is 3.48. The molecule has 0 saturated carbocycles. The topological polar surface area (TPSA) is 34.1 Å². The summed E-state index contributed by atoms with van der Waals surface area (Å²) in [6.07, 6.45) is 0.455. The standard InChI is InChI=1S/C18H17BrO2/c1-12-5-3-4-6-15(12)11-17(13(2)20)18(21)14-7-9-16(19)10-8-14/h3-10,17H,11H2,1-2H3. The highest BCUT2D eigenvalue weighted by Crippen LogP contribution is 2.20. The second-order valence-corrected chi connectivity index (χ2v) is 6.08. The van der Waals surface area contributed by atoms with Crippen molar-refractivity contribution in [3.63, 3.8) is 0 Å². The summed E-state index contributed by atoms with van der Waals surface area (Å²) in [5.41, 5.74) is 2.72. The average Bonchev–Trinajstić information content (AvgIpc) is 2.46. The van der Waals surface area contributed by atoms with Crippen LogP contribution in [0.3, 0.4) is 0 Å². The molecule has 3 heteroatoms. The second kappa shape index (κ2) is 6.81. The lowest BCUT2D eigenvalue weighted by atomic mass is 9.87. The Hall–Kier alpha value is -1.74. The first-order valence-corrected chi connectivity index (χ1v) is 7.63. The molecule has 1 unspecified atom stereocenters. The van der Waals surface area contributed by atoms with Crippen molar-refractivity contribution in [2.45, 2.75) is 20.3 Å². The Morgan fingerprint density at radius 2 is 1.67 bits per heavy atom. The molecule has 1 atom stereocenters. The fraction of sp³-hybridized carbons (Fsp3) is 0.222. The zero-order valence-electron chi connectivity index (χ0n) is 12.1. The van der Waals surface area contributed by atoms with Crippen molar-refractivity contribution >= 4 is 27.5 Å². The maximum atomic E-state index is 12.6. The van der Waals surface area contributed by atoms with Gasteiger partial charge in [0.1, 0.15) is 5.78 Å². The van der Waals surface area contributed by atoms with Crippen molar-refractivity contribution in [2.75, 3.05) is 0 Å². The molecule has 0 saturated heterocycles. The highest BCUT2D eigenvalue weighted by atomic mass is 79.9. The smallest absolute Gasteiger partial charge is 0.173 e. The maximum absolute atomic E-state index is 12.6. The molecule has 0 heterocycles. The van der Waals surface area contributed by atoms with E-state index in [1.54, 1.807) is 12.1 Å². The van der Waals surface area contributed by atoms with Crippen molar-refractivity contribution in [3.8, 4) is 0 Å². The molecule has 2 rings (SSSR count). The van der Waals surface area contributed by atoms with E-state index < -0.39 is 5.92 Å². The van der Waals surface area contributed by atoms with Gasteiger partial charge in [-0.15, -0.1) is 0 Å². The van der Waals surface area contributed by atoms with E-state index >= 15 is 0 Å². The lowest BCUT2D eigenvalue weighted by molar-refractivity contribution is -0.119. The number of carbonyl (C=O) groups is 2. The minimum Gasteiger partial charge on any atom is -0.299 e. The predicted octanol–water partition coefficient (Wildman–Crippen LogP) is 4.39. The summed E-state index contributed by atoms with van der Waals surface area (Å²) < 4.78 is 0.914. The number of Topliss-reactive ketones (excluding diaryl/α,β-unsaturated/α-hetero) is 2. The maximum Gasteiger partial charge on any atom is 0.173 e. The Balaban J connectivity index is 2.27. The largest absolute Gasteiger partial charge is 0.299 e. The molecular formula is C18H17BrO2. The Morgan fingerprint density at radius 1 is 1.05 bits per heavy atom. The van der Waals surface area contributed by atoms with E-state index in [4.69, 9.17) is 0 Å². The van der Waals surface area contributed by atoms with Gasteiger partial charge in [-0.05, 0) is 43.5 Å². The summed E-state index contributed by atoms with van der Waals surface area (Å²) in [5, 5.41) is 0. The van der Waals surface area contributed by atoms with Crippen molar-refractivity contribution in [2.24, 2.45) is 5.92 Å². The minimum atomic E-state index is -0.618. The van der Waals surface area contributed by atoms with Crippen molar-refractivity contribution < 1.29 is 9.59 Å². The molecule has 0 aromatic heterocycles. The van der Waals surface area contributed by atoms with E-state index in [1.165, 1.54) is 6.92 Å².